The maximum absolute atomic E-state index is 13.1. The van der Waals surface area contributed by atoms with Crippen molar-refractivity contribution >= 4 is 27.4 Å². The highest BCUT2D eigenvalue weighted by Crippen LogP contribution is 2.24. The summed E-state index contributed by atoms with van der Waals surface area (Å²) >= 11 is 5.31. The van der Waals surface area contributed by atoms with E-state index in [1.807, 2.05) is 12.1 Å². The molecule has 0 spiro atoms. The third-order valence-electron chi connectivity index (χ3n) is 6.50. The largest absolute Gasteiger partial charge is 0.382 e. The van der Waals surface area contributed by atoms with Crippen LogP contribution < -0.4 is 10.6 Å². The smallest absolute Gasteiger partial charge is 0.236 e. The van der Waals surface area contributed by atoms with E-state index in [0.29, 0.717) is 57.0 Å². The zero-order valence-corrected chi connectivity index (χ0v) is 25.1. The topological polar surface area (TPSA) is 111 Å². The van der Waals surface area contributed by atoms with Crippen LogP contribution in [0, 0.1) is 5.92 Å². The molecule has 1 aromatic heterocycles. The lowest BCUT2D eigenvalue weighted by molar-refractivity contribution is -0.112. The van der Waals surface area contributed by atoms with Gasteiger partial charge in [0.25, 0.3) is 0 Å². The molecule has 0 aliphatic heterocycles. The second-order valence-electron chi connectivity index (χ2n) is 9.74. The standard InChI is InChI=1S/C27H48N4O6S2/c1-34-17-18-36-20-19-35-16-15-31(37-24-25-10-5-4-6-11-25)39(32,33)21-8-3-2-7-14-29-27(38)30-23-26-12-9-13-28-22-26/h9,12-13,22,25H,2-8,10-11,14-21,23-24H2,1H3,(H2,29,30,38). The first kappa shape index (κ1) is 33.8. The Morgan fingerprint density at radius 3 is 2.51 bits per heavy atom. The number of aromatic nitrogens is 1. The fraction of sp³-hybridized carbons (Fsp3) is 0.778. The summed E-state index contributed by atoms with van der Waals surface area (Å²) < 4.78 is 43.2. The Labute approximate surface area is 240 Å². The van der Waals surface area contributed by atoms with Crippen molar-refractivity contribution in [3.63, 3.8) is 0 Å². The van der Waals surface area contributed by atoms with Crippen LogP contribution in [0.15, 0.2) is 24.5 Å². The number of rotatable bonds is 22. The Hall–Kier alpha value is -1.41. The Balaban J connectivity index is 1.63. The fourth-order valence-electron chi connectivity index (χ4n) is 4.24. The van der Waals surface area contributed by atoms with E-state index in [1.165, 1.54) is 23.7 Å². The number of nitrogens with zero attached hydrogens (tertiary/aromatic N) is 2. The van der Waals surface area contributed by atoms with E-state index in [2.05, 4.69) is 15.6 Å². The van der Waals surface area contributed by atoms with Gasteiger partial charge in [-0.25, -0.2) is 8.42 Å². The van der Waals surface area contributed by atoms with Crippen molar-refractivity contribution in [2.45, 2.75) is 64.3 Å². The fourth-order valence-corrected chi connectivity index (χ4v) is 5.76. The van der Waals surface area contributed by atoms with Crippen molar-refractivity contribution in [2.24, 2.45) is 5.92 Å². The average Bonchev–Trinajstić information content (AvgIpc) is 2.95. The highest BCUT2D eigenvalue weighted by Gasteiger charge is 2.24. The molecule has 1 aromatic rings. The van der Waals surface area contributed by atoms with Gasteiger partial charge in [-0.1, -0.05) is 42.6 Å². The van der Waals surface area contributed by atoms with Gasteiger partial charge in [0.05, 0.1) is 51.9 Å². The second-order valence-corrected chi connectivity index (χ2v) is 12.1. The first-order valence-corrected chi connectivity index (χ1v) is 16.2. The summed E-state index contributed by atoms with van der Waals surface area (Å²) in [6.45, 7) is 4.15. The summed E-state index contributed by atoms with van der Waals surface area (Å²) in [7, 11) is -1.91. The third kappa shape index (κ3) is 16.4. The number of ether oxygens (including phenoxy) is 3. The molecular weight excluding hydrogens is 540 g/mol. The van der Waals surface area contributed by atoms with Crippen LogP contribution in [0.3, 0.4) is 0 Å². The second kappa shape index (κ2) is 21.4. The SMILES string of the molecule is COCCOCCOCCN(OCC1CCCCC1)S(=O)(=O)CCCCCCNC(=S)NCc1cccnc1. The van der Waals surface area contributed by atoms with E-state index in [4.69, 9.17) is 31.3 Å². The molecule has 10 nitrogen and oxygen atoms in total. The van der Waals surface area contributed by atoms with E-state index in [9.17, 15) is 8.42 Å². The molecule has 0 saturated heterocycles. The van der Waals surface area contributed by atoms with E-state index < -0.39 is 10.0 Å². The average molecular weight is 589 g/mol. The molecule has 0 aromatic carbocycles. The number of hydroxylamine groups is 1. The van der Waals surface area contributed by atoms with Gasteiger partial charge in [0.2, 0.25) is 10.0 Å². The van der Waals surface area contributed by atoms with Gasteiger partial charge in [0, 0.05) is 32.6 Å². The van der Waals surface area contributed by atoms with Gasteiger partial charge in [-0.15, -0.1) is 0 Å². The minimum atomic E-state index is -3.54. The summed E-state index contributed by atoms with van der Waals surface area (Å²) in [6, 6.07) is 3.89. The van der Waals surface area contributed by atoms with Gasteiger partial charge in [-0.2, -0.15) is 0 Å². The Morgan fingerprint density at radius 1 is 1.03 bits per heavy atom. The quantitative estimate of drug-likeness (QED) is 0.119. The molecule has 2 N–H and O–H groups in total. The van der Waals surface area contributed by atoms with E-state index in [1.54, 1.807) is 19.5 Å². The van der Waals surface area contributed by atoms with Gasteiger partial charge in [0.15, 0.2) is 5.11 Å². The van der Waals surface area contributed by atoms with E-state index in [-0.39, 0.29) is 18.9 Å². The first-order chi connectivity index (χ1) is 19.0. The molecule has 1 saturated carbocycles. The molecule has 1 aliphatic carbocycles. The van der Waals surface area contributed by atoms with Crippen LogP contribution in [0.25, 0.3) is 0 Å². The Bertz CT molecular complexity index is 857. The number of hydrogen-bond donors (Lipinski definition) is 2. The summed E-state index contributed by atoms with van der Waals surface area (Å²) in [4.78, 5) is 9.95. The molecule has 0 amide bonds. The molecule has 1 aliphatic rings. The van der Waals surface area contributed by atoms with Crippen molar-refractivity contribution in [3.8, 4) is 0 Å². The van der Waals surface area contributed by atoms with Crippen molar-refractivity contribution in [1.82, 2.24) is 20.1 Å². The molecular formula is C27H48N4O6S2. The maximum atomic E-state index is 13.1. The Kier molecular flexibility index (Phi) is 18.5. The van der Waals surface area contributed by atoms with E-state index >= 15 is 0 Å². The van der Waals surface area contributed by atoms with Gasteiger partial charge in [0.1, 0.15) is 0 Å². The zero-order valence-electron chi connectivity index (χ0n) is 23.5. The lowest BCUT2D eigenvalue weighted by Crippen LogP contribution is -2.37. The van der Waals surface area contributed by atoms with Crippen molar-refractivity contribution in [3.05, 3.63) is 30.1 Å². The molecule has 224 valence electrons. The monoisotopic (exact) mass is 588 g/mol. The van der Waals surface area contributed by atoms with E-state index in [0.717, 1.165) is 44.2 Å². The molecule has 1 heterocycles. The summed E-state index contributed by atoms with van der Waals surface area (Å²) in [5.41, 5.74) is 1.07. The van der Waals surface area contributed by atoms with Crippen LogP contribution in [0.2, 0.25) is 0 Å². The number of methoxy groups -OCH3 is 1. The van der Waals surface area contributed by atoms with Crippen LogP contribution in [-0.2, 0) is 35.6 Å². The number of pyridine rings is 1. The molecule has 0 atom stereocenters. The predicted octanol–water partition coefficient (Wildman–Crippen LogP) is 3.43. The lowest BCUT2D eigenvalue weighted by Gasteiger charge is -2.26. The highest BCUT2D eigenvalue weighted by molar-refractivity contribution is 7.88. The van der Waals surface area contributed by atoms with Crippen LogP contribution >= 0.6 is 12.2 Å². The highest BCUT2D eigenvalue weighted by atomic mass is 32.2. The molecule has 12 heteroatoms. The predicted molar refractivity (Wildman–Crippen MR) is 157 cm³/mol. The number of unbranched alkanes of at least 4 members (excludes halogenated alkanes) is 3. The van der Waals surface area contributed by atoms with Crippen molar-refractivity contribution < 1.29 is 27.5 Å². The first-order valence-electron chi connectivity index (χ1n) is 14.2. The summed E-state index contributed by atoms with van der Waals surface area (Å²) in [5, 5.41) is 6.97. The zero-order chi connectivity index (χ0) is 28.0. The van der Waals surface area contributed by atoms with Gasteiger partial charge < -0.3 is 24.8 Å². The lowest BCUT2D eigenvalue weighted by atomic mass is 9.90. The number of hydrogen-bond acceptors (Lipinski definition) is 8. The number of thiocarbonyl (C=S) groups is 1. The molecule has 1 fully saturated rings. The maximum Gasteiger partial charge on any atom is 0.236 e. The molecule has 2 rings (SSSR count). The number of sulfonamides is 1. The third-order valence-corrected chi connectivity index (χ3v) is 8.50. The van der Waals surface area contributed by atoms with Crippen LogP contribution in [0.1, 0.15) is 63.4 Å². The summed E-state index contributed by atoms with van der Waals surface area (Å²) in [5.74, 6) is 0.486. The molecule has 0 unspecified atom stereocenters. The minimum absolute atomic E-state index is 0.0658. The van der Waals surface area contributed by atoms with Crippen molar-refractivity contribution in [1.29, 1.82) is 0 Å². The van der Waals surface area contributed by atoms with Gasteiger partial charge in [-0.05, 0) is 55.4 Å². The molecule has 0 radical (unpaired) electrons. The van der Waals surface area contributed by atoms with Gasteiger partial charge >= 0.3 is 0 Å². The molecule has 39 heavy (non-hydrogen) atoms. The summed E-state index contributed by atoms with van der Waals surface area (Å²) in [6.07, 6.45) is 12.6. The molecule has 0 bridgehead atoms. The van der Waals surface area contributed by atoms with Crippen LogP contribution in [0.5, 0.6) is 0 Å². The number of nitrogens with one attached hydrogen (secondary N) is 2. The minimum Gasteiger partial charge on any atom is -0.382 e. The normalized spacial score (nSPS) is 14.5. The van der Waals surface area contributed by atoms with Crippen LogP contribution in [-0.4, -0.2) is 88.6 Å². The Morgan fingerprint density at radius 2 is 1.77 bits per heavy atom. The van der Waals surface area contributed by atoms with Gasteiger partial charge in [-0.3, -0.25) is 9.82 Å². The van der Waals surface area contributed by atoms with Crippen LogP contribution in [0.4, 0.5) is 0 Å². The van der Waals surface area contributed by atoms with Crippen molar-refractivity contribution in [2.75, 3.05) is 65.6 Å².